The number of benzene rings is 3. The molecule has 42 heavy (non-hydrogen) atoms. The molecule has 1 N–H and O–H groups in total. The van der Waals surface area contributed by atoms with Crippen LogP contribution in [0.4, 0.5) is 0 Å². The Morgan fingerprint density at radius 3 is 2.31 bits per heavy atom. The van der Waals surface area contributed by atoms with Gasteiger partial charge in [-0.25, -0.2) is 4.79 Å². The number of rotatable bonds is 4. The first-order chi connectivity index (χ1) is 20.3. The predicted octanol–water partition coefficient (Wildman–Crippen LogP) is 6.24. The van der Waals surface area contributed by atoms with Gasteiger partial charge in [0.15, 0.2) is 5.43 Å². The molecule has 0 aliphatic rings. The highest BCUT2D eigenvalue weighted by molar-refractivity contribution is 6.03. The molecule has 9 heteroatoms. The van der Waals surface area contributed by atoms with Gasteiger partial charge in [0.1, 0.15) is 40.7 Å². The third kappa shape index (κ3) is 3.86. The topological polar surface area (TPSA) is 137 Å². The van der Waals surface area contributed by atoms with E-state index < -0.39 is 5.63 Å². The van der Waals surface area contributed by atoms with Crippen molar-refractivity contribution in [3.63, 3.8) is 0 Å². The maximum atomic E-state index is 13.9. The zero-order valence-corrected chi connectivity index (χ0v) is 22.4. The summed E-state index contributed by atoms with van der Waals surface area (Å²) in [6.45, 7) is 3.39. The van der Waals surface area contributed by atoms with Crippen LogP contribution in [0, 0.1) is 13.8 Å². The summed E-state index contributed by atoms with van der Waals surface area (Å²) in [4.78, 5) is 39.7. The number of nitrogens with zero attached hydrogens (tertiary/aromatic N) is 1. The molecule has 9 nitrogen and oxygen atoms in total. The summed E-state index contributed by atoms with van der Waals surface area (Å²) in [5, 5.41) is 15.9. The van der Waals surface area contributed by atoms with Gasteiger partial charge >= 0.3 is 5.63 Å². The zero-order chi connectivity index (χ0) is 29.1. The van der Waals surface area contributed by atoms with Gasteiger partial charge in [-0.2, -0.15) is 0 Å². The second-order valence-electron chi connectivity index (χ2n) is 10.1. The normalized spacial score (nSPS) is 11.6. The maximum absolute atomic E-state index is 13.9. The fourth-order valence-electron chi connectivity index (χ4n) is 5.46. The number of phenolic OH excluding ortho intramolecular Hbond substituents is 1. The quantitative estimate of drug-likeness (QED) is 0.196. The van der Waals surface area contributed by atoms with E-state index in [-0.39, 0.29) is 61.7 Å². The minimum Gasteiger partial charge on any atom is -0.507 e. The van der Waals surface area contributed by atoms with Crippen molar-refractivity contribution < 1.29 is 22.9 Å². The van der Waals surface area contributed by atoms with Gasteiger partial charge in [-0.3, -0.25) is 9.59 Å². The summed E-state index contributed by atoms with van der Waals surface area (Å²) in [6.07, 6.45) is 3.87. The maximum Gasteiger partial charge on any atom is 0.336 e. The van der Waals surface area contributed by atoms with E-state index in [1.165, 1.54) is 24.9 Å². The molecule has 3 aromatic carbocycles. The molecule has 0 spiro atoms. The molecule has 0 atom stereocenters. The first-order valence-electron chi connectivity index (χ1n) is 13.1. The molecule has 0 bridgehead atoms. The fourth-order valence-corrected chi connectivity index (χ4v) is 5.46. The van der Waals surface area contributed by atoms with Crippen LogP contribution < -0.4 is 16.5 Å². The van der Waals surface area contributed by atoms with E-state index in [0.29, 0.717) is 33.4 Å². The van der Waals surface area contributed by atoms with Crippen molar-refractivity contribution in [2.24, 2.45) is 0 Å². The van der Waals surface area contributed by atoms with E-state index in [1.807, 2.05) is 30.3 Å². The fraction of sp³-hybridized carbons (Fsp3) is 0.0909. The number of phenols is 1. The highest BCUT2D eigenvalue weighted by atomic mass is 16.5. The molecule has 0 aliphatic heterocycles. The second-order valence-corrected chi connectivity index (χ2v) is 10.1. The Hall–Kier alpha value is -5.70. The number of aryl methyl sites for hydroxylation is 2. The van der Waals surface area contributed by atoms with Crippen LogP contribution in [-0.4, -0.2) is 10.3 Å². The van der Waals surface area contributed by atoms with Crippen LogP contribution in [0.2, 0.25) is 0 Å². The standard InChI is InChI=1S/C33H21NO8/c1-16-10-22-30(38)25(26-8-9-41-34-26)15-40-33(22)23(28(16)36)11-19-14-39-31-17(2)32-21(12-24(31)29(19)37)20(13-27(35)42-32)18-6-4-3-5-7-18/h3-10,12-15,36H,11H2,1-2H3. The van der Waals surface area contributed by atoms with Crippen LogP contribution in [-0.2, 0) is 6.42 Å². The molecule has 7 aromatic rings. The van der Waals surface area contributed by atoms with E-state index >= 15 is 0 Å². The molecule has 0 saturated heterocycles. The van der Waals surface area contributed by atoms with Crippen molar-refractivity contribution in [1.29, 1.82) is 0 Å². The van der Waals surface area contributed by atoms with Gasteiger partial charge in [0, 0.05) is 40.6 Å². The molecule has 0 unspecified atom stereocenters. The number of hydrogen-bond acceptors (Lipinski definition) is 9. The van der Waals surface area contributed by atoms with Crippen LogP contribution in [0.5, 0.6) is 5.75 Å². The number of hydrogen-bond donors (Lipinski definition) is 1. The lowest BCUT2D eigenvalue weighted by Gasteiger charge is -2.12. The van der Waals surface area contributed by atoms with Crippen molar-refractivity contribution in [2.75, 3.05) is 0 Å². The van der Waals surface area contributed by atoms with Gasteiger partial charge < -0.3 is 22.9 Å². The van der Waals surface area contributed by atoms with Gasteiger partial charge in [0.2, 0.25) is 5.43 Å². The van der Waals surface area contributed by atoms with E-state index in [4.69, 9.17) is 17.8 Å². The Kier molecular flexibility index (Phi) is 5.69. The summed E-state index contributed by atoms with van der Waals surface area (Å²) < 4.78 is 22.2. The van der Waals surface area contributed by atoms with Crippen molar-refractivity contribution >= 4 is 32.9 Å². The lowest BCUT2D eigenvalue weighted by Crippen LogP contribution is -2.12. The summed E-state index contributed by atoms with van der Waals surface area (Å²) in [7, 11) is 0. The predicted molar refractivity (Wildman–Crippen MR) is 156 cm³/mol. The van der Waals surface area contributed by atoms with Gasteiger partial charge in [0.05, 0.1) is 22.6 Å². The summed E-state index contributed by atoms with van der Waals surface area (Å²) in [6, 6.07) is 15.5. The monoisotopic (exact) mass is 559 g/mol. The molecule has 206 valence electrons. The molecule has 0 fully saturated rings. The molecule has 0 aliphatic carbocycles. The minimum absolute atomic E-state index is 0.0684. The Balaban J connectivity index is 1.43. The van der Waals surface area contributed by atoms with E-state index in [1.54, 1.807) is 32.0 Å². The Morgan fingerprint density at radius 2 is 1.55 bits per heavy atom. The lowest BCUT2D eigenvalue weighted by molar-refractivity contribution is 0.422. The van der Waals surface area contributed by atoms with Gasteiger partial charge in [-0.05, 0) is 42.7 Å². The van der Waals surface area contributed by atoms with Crippen molar-refractivity contribution in [1.82, 2.24) is 5.16 Å². The van der Waals surface area contributed by atoms with Gasteiger partial charge in [-0.15, -0.1) is 0 Å². The van der Waals surface area contributed by atoms with Crippen molar-refractivity contribution in [2.45, 2.75) is 20.3 Å². The molecule has 0 amide bonds. The van der Waals surface area contributed by atoms with E-state index in [2.05, 4.69) is 5.16 Å². The second kappa shape index (κ2) is 9.45. The Labute approximate surface area is 235 Å². The number of fused-ring (bicyclic) bond motifs is 3. The van der Waals surface area contributed by atoms with Crippen LogP contribution in [0.25, 0.3) is 55.3 Å². The molecule has 7 rings (SSSR count). The first kappa shape index (κ1) is 25.3. The highest BCUT2D eigenvalue weighted by Gasteiger charge is 2.22. The van der Waals surface area contributed by atoms with Crippen molar-refractivity contribution in [3.8, 4) is 28.1 Å². The first-order valence-corrected chi connectivity index (χ1v) is 13.1. The molecule has 4 aromatic heterocycles. The van der Waals surface area contributed by atoms with Crippen molar-refractivity contribution in [3.05, 3.63) is 127 Å². The third-order valence-corrected chi connectivity index (χ3v) is 7.56. The SMILES string of the molecule is Cc1cc2c(=O)c(-c3ccon3)coc2c(Cc2coc3c(C)c4oc(=O)cc(-c5ccccc5)c4cc3c2=O)c1O. The van der Waals surface area contributed by atoms with E-state index in [9.17, 15) is 19.5 Å². The summed E-state index contributed by atoms with van der Waals surface area (Å²) in [5.74, 6) is -0.0952. The molecule has 0 radical (unpaired) electrons. The lowest BCUT2D eigenvalue weighted by atomic mass is 9.96. The average molecular weight is 560 g/mol. The van der Waals surface area contributed by atoms with Gasteiger partial charge in [-0.1, -0.05) is 35.5 Å². The van der Waals surface area contributed by atoms with Crippen LogP contribution >= 0.6 is 0 Å². The highest BCUT2D eigenvalue weighted by Crippen LogP contribution is 2.35. The summed E-state index contributed by atoms with van der Waals surface area (Å²) in [5.41, 5.74) is 2.99. The minimum atomic E-state index is -0.516. The zero-order valence-electron chi connectivity index (χ0n) is 22.4. The van der Waals surface area contributed by atoms with Crippen LogP contribution in [0.15, 0.2) is 106 Å². The molecule has 0 saturated carbocycles. The van der Waals surface area contributed by atoms with E-state index in [0.717, 1.165) is 5.56 Å². The Morgan fingerprint density at radius 1 is 0.786 bits per heavy atom. The smallest absolute Gasteiger partial charge is 0.336 e. The molecule has 4 heterocycles. The van der Waals surface area contributed by atoms with Crippen LogP contribution in [0.3, 0.4) is 0 Å². The average Bonchev–Trinajstić information content (AvgIpc) is 3.53. The summed E-state index contributed by atoms with van der Waals surface area (Å²) >= 11 is 0. The van der Waals surface area contributed by atoms with Crippen LogP contribution in [0.1, 0.15) is 22.3 Å². The third-order valence-electron chi connectivity index (χ3n) is 7.56. The molecular formula is C33H21NO8. The molecular weight excluding hydrogens is 538 g/mol. The van der Waals surface area contributed by atoms with Gasteiger partial charge in [0.25, 0.3) is 0 Å². The largest absolute Gasteiger partial charge is 0.507 e. The number of aromatic hydroxyl groups is 1. The number of aromatic nitrogens is 1. The Bertz CT molecular complexity index is 2360.